The van der Waals surface area contributed by atoms with Crippen LogP contribution in [0.2, 0.25) is 0 Å². The number of nitrogens with zero attached hydrogens (tertiary/aromatic N) is 1. The van der Waals surface area contributed by atoms with Crippen LogP contribution >= 0.6 is 0 Å². The monoisotopic (exact) mass is 432 g/mol. The van der Waals surface area contributed by atoms with Gasteiger partial charge in [0.2, 0.25) is 11.8 Å². The Bertz CT molecular complexity index is 878. The van der Waals surface area contributed by atoms with Crippen LogP contribution in [0.1, 0.15) is 42.0 Å². The number of pyridine rings is 1. The highest BCUT2D eigenvalue weighted by Crippen LogP contribution is 2.48. The Labute approximate surface area is 168 Å². The Kier molecular flexibility index (Phi) is 5.96. The molecule has 30 heavy (non-hydrogen) atoms. The second-order valence-corrected chi connectivity index (χ2v) is 7.13. The number of benzene rings is 1. The number of nitrogens with one attached hydrogen (secondary N) is 1. The lowest BCUT2D eigenvalue weighted by molar-refractivity contribution is -0.154. The molecule has 3 rings (SSSR count). The summed E-state index contributed by atoms with van der Waals surface area (Å²) in [7, 11) is 0. The van der Waals surface area contributed by atoms with Gasteiger partial charge in [-0.1, -0.05) is 18.2 Å². The maximum Gasteiger partial charge on any atom is 0.422 e. The summed E-state index contributed by atoms with van der Waals surface area (Å²) in [4.78, 5) is 16.2. The van der Waals surface area contributed by atoms with E-state index in [4.69, 9.17) is 0 Å². The molecule has 1 fully saturated rings. The van der Waals surface area contributed by atoms with Crippen molar-refractivity contribution >= 4 is 5.91 Å². The number of alkyl halides is 6. The van der Waals surface area contributed by atoms with Gasteiger partial charge in [-0.15, -0.1) is 0 Å². The molecule has 1 saturated carbocycles. The Balaban J connectivity index is 1.53. The van der Waals surface area contributed by atoms with Gasteiger partial charge in [0.05, 0.1) is 11.6 Å². The first-order valence-corrected chi connectivity index (χ1v) is 9.07. The summed E-state index contributed by atoms with van der Waals surface area (Å²) in [5.41, 5.74) is 0.509. The van der Waals surface area contributed by atoms with Gasteiger partial charge in [-0.25, -0.2) is 4.98 Å². The number of hydrogen-bond acceptors (Lipinski definition) is 3. The van der Waals surface area contributed by atoms with E-state index in [0.29, 0.717) is 17.5 Å². The van der Waals surface area contributed by atoms with Crippen LogP contribution in [-0.2, 0) is 11.0 Å². The van der Waals surface area contributed by atoms with Gasteiger partial charge >= 0.3 is 12.4 Å². The predicted octanol–water partition coefficient (Wildman–Crippen LogP) is 5.02. The predicted molar refractivity (Wildman–Crippen MR) is 94.6 cm³/mol. The van der Waals surface area contributed by atoms with Gasteiger partial charge in [0, 0.05) is 18.2 Å². The normalized spacial score (nSPS) is 19.8. The second-order valence-electron chi connectivity index (χ2n) is 7.13. The fourth-order valence-electron chi connectivity index (χ4n) is 3.07. The van der Waals surface area contributed by atoms with Crippen molar-refractivity contribution in [3.63, 3.8) is 0 Å². The van der Waals surface area contributed by atoms with Gasteiger partial charge in [0.1, 0.15) is 0 Å². The smallest absolute Gasteiger partial charge is 0.422 e. The number of carbonyl (C=O) groups is 1. The van der Waals surface area contributed by atoms with Crippen LogP contribution in [0, 0.1) is 5.92 Å². The van der Waals surface area contributed by atoms with Crippen molar-refractivity contribution in [2.45, 2.75) is 37.7 Å². The van der Waals surface area contributed by atoms with E-state index in [9.17, 15) is 31.1 Å². The van der Waals surface area contributed by atoms with Crippen LogP contribution < -0.4 is 10.1 Å². The molecule has 1 N–H and O–H groups in total. The summed E-state index contributed by atoms with van der Waals surface area (Å²) < 4.78 is 78.9. The molecular formula is C20H18F6N2O2. The summed E-state index contributed by atoms with van der Waals surface area (Å²) in [5, 5.41) is 2.79. The average molecular weight is 432 g/mol. The van der Waals surface area contributed by atoms with E-state index in [1.54, 1.807) is 6.92 Å². The lowest BCUT2D eigenvalue weighted by Gasteiger charge is -2.15. The van der Waals surface area contributed by atoms with Gasteiger partial charge in [0.15, 0.2) is 6.61 Å². The van der Waals surface area contributed by atoms with Crippen molar-refractivity contribution in [3.05, 3.63) is 59.3 Å². The van der Waals surface area contributed by atoms with Crippen LogP contribution in [0.25, 0.3) is 0 Å². The van der Waals surface area contributed by atoms with E-state index in [1.807, 2.05) is 0 Å². The first-order valence-electron chi connectivity index (χ1n) is 9.07. The minimum absolute atomic E-state index is 0.143. The summed E-state index contributed by atoms with van der Waals surface area (Å²) in [5.74, 6) is -0.911. The van der Waals surface area contributed by atoms with Crippen molar-refractivity contribution in [1.82, 2.24) is 10.3 Å². The van der Waals surface area contributed by atoms with E-state index < -0.39 is 30.6 Å². The molecule has 1 heterocycles. The van der Waals surface area contributed by atoms with Crippen molar-refractivity contribution in [2.24, 2.45) is 5.92 Å². The molecule has 0 radical (unpaired) electrons. The molecule has 3 atom stereocenters. The quantitative estimate of drug-likeness (QED) is 0.652. The highest BCUT2D eigenvalue weighted by Gasteiger charge is 2.44. The third-order valence-corrected chi connectivity index (χ3v) is 4.80. The van der Waals surface area contributed by atoms with Crippen molar-refractivity contribution in [3.8, 4) is 5.88 Å². The summed E-state index contributed by atoms with van der Waals surface area (Å²) in [6.07, 6.45) is -7.02. The highest BCUT2D eigenvalue weighted by molar-refractivity contribution is 5.83. The zero-order chi connectivity index (χ0) is 22.1. The maximum atomic E-state index is 12.6. The van der Waals surface area contributed by atoms with Gasteiger partial charge in [0.25, 0.3) is 0 Å². The summed E-state index contributed by atoms with van der Waals surface area (Å²) in [6.45, 7) is 0.249. The molecule has 0 spiro atoms. The van der Waals surface area contributed by atoms with Gasteiger partial charge < -0.3 is 10.1 Å². The van der Waals surface area contributed by atoms with Crippen LogP contribution in [0.15, 0.2) is 42.6 Å². The van der Waals surface area contributed by atoms with Crippen molar-refractivity contribution in [1.29, 1.82) is 0 Å². The number of carbonyl (C=O) groups excluding carboxylic acids is 1. The fourth-order valence-corrected chi connectivity index (χ4v) is 3.07. The highest BCUT2D eigenvalue weighted by atomic mass is 19.4. The third-order valence-electron chi connectivity index (χ3n) is 4.80. The lowest BCUT2D eigenvalue weighted by Crippen LogP contribution is -2.28. The molecule has 2 aromatic rings. The fraction of sp³-hybridized carbons (Fsp3) is 0.400. The number of hydrogen-bond donors (Lipinski definition) is 1. The standard InChI is InChI=1S/C20H18F6N2O2/c1-11(13-4-7-17(27-9-13)30-10-19(21,22)23)28-18(29)16-8-15(16)12-2-5-14(6-3-12)20(24,25)26/h2-7,9,11,15-16H,8,10H2,1H3,(H,28,29)/t11-,15+,16?/m1/s1. The number of aromatic nitrogens is 1. The molecule has 1 unspecified atom stereocenters. The molecule has 162 valence electrons. The van der Waals surface area contributed by atoms with E-state index in [0.717, 1.165) is 12.1 Å². The first kappa shape index (κ1) is 21.9. The number of halogens is 6. The van der Waals surface area contributed by atoms with Gasteiger partial charge in [-0.3, -0.25) is 4.79 Å². The largest absolute Gasteiger partial charge is 0.468 e. The molecule has 1 amide bonds. The molecular weight excluding hydrogens is 414 g/mol. The zero-order valence-corrected chi connectivity index (χ0v) is 15.7. The zero-order valence-electron chi connectivity index (χ0n) is 15.7. The number of ether oxygens (including phenoxy) is 1. The first-order chi connectivity index (χ1) is 13.9. The van der Waals surface area contributed by atoms with E-state index in [2.05, 4.69) is 15.0 Å². The number of amides is 1. The maximum absolute atomic E-state index is 12.6. The van der Waals surface area contributed by atoms with Crippen molar-refractivity contribution < 1.29 is 35.9 Å². The summed E-state index contributed by atoms with van der Waals surface area (Å²) in [6, 6.07) is 7.10. The third kappa shape index (κ3) is 5.64. The molecule has 0 aliphatic heterocycles. The molecule has 1 aliphatic rings. The molecule has 1 aromatic heterocycles. The Hall–Kier alpha value is -2.78. The SMILES string of the molecule is C[C@@H](NC(=O)C1C[C@H]1c1ccc(C(F)(F)F)cc1)c1ccc(OCC(F)(F)F)nc1. The minimum atomic E-state index is -4.46. The Morgan fingerprint density at radius 3 is 2.33 bits per heavy atom. The van der Waals surface area contributed by atoms with Gasteiger partial charge in [-0.2, -0.15) is 26.3 Å². The van der Waals surface area contributed by atoms with Crippen LogP contribution in [-0.4, -0.2) is 23.7 Å². The minimum Gasteiger partial charge on any atom is -0.468 e. The van der Waals surface area contributed by atoms with E-state index >= 15 is 0 Å². The second kappa shape index (κ2) is 8.16. The van der Waals surface area contributed by atoms with Crippen LogP contribution in [0.3, 0.4) is 0 Å². The summed E-state index contributed by atoms with van der Waals surface area (Å²) >= 11 is 0. The van der Waals surface area contributed by atoms with Crippen LogP contribution in [0.5, 0.6) is 5.88 Å². The topological polar surface area (TPSA) is 51.2 Å². The van der Waals surface area contributed by atoms with Crippen LogP contribution in [0.4, 0.5) is 26.3 Å². The van der Waals surface area contributed by atoms with Crippen molar-refractivity contribution in [2.75, 3.05) is 6.61 Å². The average Bonchev–Trinajstić information content (AvgIpc) is 3.46. The lowest BCUT2D eigenvalue weighted by atomic mass is 10.1. The molecule has 0 bridgehead atoms. The molecule has 0 saturated heterocycles. The van der Waals surface area contributed by atoms with E-state index in [1.165, 1.54) is 30.5 Å². The molecule has 10 heteroatoms. The molecule has 4 nitrogen and oxygen atoms in total. The molecule has 1 aliphatic carbocycles. The number of rotatable bonds is 6. The van der Waals surface area contributed by atoms with E-state index in [-0.39, 0.29) is 23.6 Å². The van der Waals surface area contributed by atoms with Gasteiger partial charge in [-0.05, 0) is 42.5 Å². The molecule has 1 aromatic carbocycles. The Morgan fingerprint density at radius 1 is 1.13 bits per heavy atom. The Morgan fingerprint density at radius 2 is 1.80 bits per heavy atom.